The second-order valence-electron chi connectivity index (χ2n) is 5.91. The van der Waals surface area contributed by atoms with Gasteiger partial charge in [0.05, 0.1) is 0 Å². The Hall–Kier alpha value is -1.38. The molecule has 0 spiro atoms. The highest BCUT2D eigenvalue weighted by Gasteiger charge is 2.17. The first-order valence-electron chi connectivity index (χ1n) is 8.00. The number of benzene rings is 1. The van der Waals surface area contributed by atoms with E-state index in [0.29, 0.717) is 11.6 Å². The van der Waals surface area contributed by atoms with E-state index >= 15 is 0 Å². The smallest absolute Gasteiger partial charge is 0.0435 e. The molecule has 1 aliphatic rings. The van der Waals surface area contributed by atoms with Gasteiger partial charge in [-0.2, -0.15) is 0 Å². The third-order valence-corrected chi connectivity index (χ3v) is 4.85. The predicted octanol–water partition coefficient (Wildman–Crippen LogP) is 7.32. The molecule has 1 aliphatic carbocycles. The standard InChI is InChI=1S/C14H19N.C7H6BrCl/c1-4-8-11(2)12(3)14(15)13-9-6-5-7-10-13;1-5-4-6(8)2-3-7(5)9/h4-7,9,11,13,15H,1,3,8,10H2,2H3;2-4H,1H3. The van der Waals surface area contributed by atoms with Crippen molar-refractivity contribution < 1.29 is 0 Å². The minimum Gasteiger partial charge on any atom is -0.304 e. The molecular formula is C21H25BrClN. The van der Waals surface area contributed by atoms with Gasteiger partial charge in [-0.25, -0.2) is 0 Å². The van der Waals surface area contributed by atoms with E-state index in [1.54, 1.807) is 0 Å². The molecule has 0 aromatic heterocycles. The van der Waals surface area contributed by atoms with Gasteiger partial charge >= 0.3 is 0 Å². The molecule has 0 aliphatic heterocycles. The topological polar surface area (TPSA) is 23.9 Å². The van der Waals surface area contributed by atoms with Crippen molar-refractivity contribution in [3.8, 4) is 0 Å². The van der Waals surface area contributed by atoms with E-state index in [1.807, 2.05) is 43.4 Å². The maximum atomic E-state index is 8.08. The highest BCUT2D eigenvalue weighted by molar-refractivity contribution is 9.10. The van der Waals surface area contributed by atoms with E-state index in [9.17, 15) is 0 Å². The summed E-state index contributed by atoms with van der Waals surface area (Å²) in [5, 5.41) is 8.90. The molecule has 24 heavy (non-hydrogen) atoms. The molecule has 1 aromatic carbocycles. The highest BCUT2D eigenvalue weighted by Crippen LogP contribution is 2.22. The molecule has 0 saturated carbocycles. The zero-order chi connectivity index (χ0) is 18.1. The molecule has 1 aromatic rings. The second-order valence-corrected chi connectivity index (χ2v) is 7.24. The Morgan fingerprint density at radius 3 is 2.67 bits per heavy atom. The first-order chi connectivity index (χ1) is 11.4. The predicted molar refractivity (Wildman–Crippen MR) is 111 cm³/mol. The second kappa shape index (κ2) is 10.5. The number of nitrogens with one attached hydrogen (secondary N) is 1. The average molecular weight is 407 g/mol. The van der Waals surface area contributed by atoms with Crippen LogP contribution in [0.3, 0.4) is 0 Å². The van der Waals surface area contributed by atoms with Crippen LogP contribution in [0.5, 0.6) is 0 Å². The molecule has 0 bridgehead atoms. The SMILES string of the molecule is C=CCC(C)C(=C)C(=N)C1C=CC=CC1.Cc1cc(Br)ccc1Cl. The van der Waals surface area contributed by atoms with Crippen molar-refractivity contribution in [3.05, 3.63) is 82.4 Å². The summed E-state index contributed by atoms with van der Waals surface area (Å²) in [6.45, 7) is 11.8. The van der Waals surface area contributed by atoms with Crippen molar-refractivity contribution >= 4 is 33.2 Å². The van der Waals surface area contributed by atoms with Gasteiger partial charge in [-0.05, 0) is 55.0 Å². The lowest BCUT2D eigenvalue weighted by Gasteiger charge is -2.20. The molecule has 1 N–H and O–H groups in total. The van der Waals surface area contributed by atoms with E-state index in [2.05, 4.69) is 48.2 Å². The quantitative estimate of drug-likeness (QED) is 0.391. The van der Waals surface area contributed by atoms with Gasteiger partial charge in [0, 0.05) is 21.1 Å². The van der Waals surface area contributed by atoms with E-state index < -0.39 is 0 Å². The molecule has 2 unspecified atom stereocenters. The zero-order valence-corrected chi connectivity index (χ0v) is 16.7. The third-order valence-electron chi connectivity index (χ3n) is 3.93. The van der Waals surface area contributed by atoms with Crippen LogP contribution in [0.4, 0.5) is 0 Å². The summed E-state index contributed by atoms with van der Waals surface area (Å²) in [5.74, 6) is 0.545. The number of rotatable bonds is 5. The van der Waals surface area contributed by atoms with Crippen LogP contribution < -0.4 is 0 Å². The Balaban J connectivity index is 0.000000272. The maximum Gasteiger partial charge on any atom is 0.0435 e. The van der Waals surface area contributed by atoms with Crippen LogP contribution in [-0.4, -0.2) is 5.71 Å². The minimum absolute atomic E-state index is 0.217. The maximum absolute atomic E-state index is 8.08. The van der Waals surface area contributed by atoms with E-state index in [1.165, 1.54) is 0 Å². The van der Waals surface area contributed by atoms with Crippen molar-refractivity contribution in [2.45, 2.75) is 26.7 Å². The van der Waals surface area contributed by atoms with Crippen LogP contribution in [0.1, 0.15) is 25.3 Å². The molecular weight excluding hydrogens is 382 g/mol. The highest BCUT2D eigenvalue weighted by atomic mass is 79.9. The summed E-state index contributed by atoms with van der Waals surface area (Å²) in [5.41, 5.74) is 2.72. The molecule has 0 fully saturated rings. The number of hydrogen-bond donors (Lipinski definition) is 1. The molecule has 128 valence electrons. The summed E-state index contributed by atoms with van der Waals surface area (Å²) in [6, 6.07) is 5.79. The lowest BCUT2D eigenvalue weighted by molar-refractivity contribution is 0.709. The Morgan fingerprint density at radius 1 is 1.46 bits per heavy atom. The molecule has 0 amide bonds. The molecule has 0 heterocycles. The van der Waals surface area contributed by atoms with Crippen LogP contribution in [0.15, 0.2) is 71.8 Å². The van der Waals surface area contributed by atoms with Crippen LogP contribution in [-0.2, 0) is 0 Å². The third kappa shape index (κ3) is 6.62. The van der Waals surface area contributed by atoms with Crippen molar-refractivity contribution in [1.29, 1.82) is 5.41 Å². The van der Waals surface area contributed by atoms with Crippen molar-refractivity contribution in [2.75, 3.05) is 0 Å². The lowest BCUT2D eigenvalue weighted by Crippen LogP contribution is -2.17. The van der Waals surface area contributed by atoms with Gasteiger partial charge in [-0.3, -0.25) is 0 Å². The summed E-state index contributed by atoms with van der Waals surface area (Å²) >= 11 is 9.10. The first kappa shape index (κ1) is 20.7. The van der Waals surface area contributed by atoms with Gasteiger partial charge in [0.1, 0.15) is 0 Å². The van der Waals surface area contributed by atoms with E-state index in [-0.39, 0.29) is 5.92 Å². The Morgan fingerprint density at radius 2 is 2.17 bits per heavy atom. The van der Waals surface area contributed by atoms with Gasteiger partial charge in [-0.1, -0.05) is 71.4 Å². The first-order valence-corrected chi connectivity index (χ1v) is 9.17. The van der Waals surface area contributed by atoms with E-state index in [4.69, 9.17) is 17.0 Å². The fourth-order valence-corrected chi connectivity index (χ4v) is 2.89. The van der Waals surface area contributed by atoms with Crippen LogP contribution in [0.25, 0.3) is 0 Å². The largest absolute Gasteiger partial charge is 0.304 e. The lowest BCUT2D eigenvalue weighted by atomic mass is 9.85. The summed E-state index contributed by atoms with van der Waals surface area (Å²) < 4.78 is 1.07. The molecule has 0 saturated heterocycles. The van der Waals surface area contributed by atoms with Crippen LogP contribution in [0, 0.1) is 24.2 Å². The fourth-order valence-electron chi connectivity index (χ4n) is 2.30. The summed E-state index contributed by atoms with van der Waals surface area (Å²) in [4.78, 5) is 0. The van der Waals surface area contributed by atoms with Crippen LogP contribution in [0.2, 0.25) is 5.02 Å². The monoisotopic (exact) mass is 405 g/mol. The molecule has 2 atom stereocenters. The number of hydrogen-bond acceptors (Lipinski definition) is 1. The van der Waals surface area contributed by atoms with Gasteiger partial charge in [-0.15, -0.1) is 6.58 Å². The summed E-state index contributed by atoms with van der Waals surface area (Å²) in [6.07, 6.45) is 11.9. The summed E-state index contributed by atoms with van der Waals surface area (Å²) in [7, 11) is 0. The Kier molecular flexibility index (Phi) is 9.02. The van der Waals surface area contributed by atoms with Gasteiger partial charge in [0.2, 0.25) is 0 Å². The number of allylic oxidation sites excluding steroid dienone is 6. The minimum atomic E-state index is 0.217. The van der Waals surface area contributed by atoms with Crippen LogP contribution >= 0.6 is 27.5 Å². The molecule has 1 nitrogen and oxygen atoms in total. The zero-order valence-electron chi connectivity index (χ0n) is 14.4. The molecule has 2 rings (SSSR count). The normalized spacial score (nSPS) is 16.8. The van der Waals surface area contributed by atoms with Gasteiger partial charge in [0.15, 0.2) is 0 Å². The molecule has 3 heteroatoms. The van der Waals surface area contributed by atoms with Crippen molar-refractivity contribution in [2.24, 2.45) is 11.8 Å². The average Bonchev–Trinajstić information content (AvgIpc) is 2.58. The van der Waals surface area contributed by atoms with Gasteiger partial charge < -0.3 is 5.41 Å². The van der Waals surface area contributed by atoms with Crippen molar-refractivity contribution in [1.82, 2.24) is 0 Å². The number of halogens is 2. The Labute approximate surface area is 159 Å². The Bertz CT molecular complexity index is 658. The van der Waals surface area contributed by atoms with Gasteiger partial charge in [0.25, 0.3) is 0 Å². The number of aryl methyl sites for hydroxylation is 1. The fraction of sp³-hybridized carbons (Fsp3) is 0.286. The van der Waals surface area contributed by atoms with Crippen molar-refractivity contribution in [3.63, 3.8) is 0 Å². The van der Waals surface area contributed by atoms with E-state index in [0.717, 1.165) is 33.5 Å². The molecule has 0 radical (unpaired) electrons.